The fourth-order valence-electron chi connectivity index (χ4n) is 1.15. The zero-order valence-corrected chi connectivity index (χ0v) is 11.1. The Bertz CT molecular complexity index is 406. The summed E-state index contributed by atoms with van der Waals surface area (Å²) in [5, 5.41) is 2.56. The number of ether oxygens (including phenoxy) is 1. The van der Waals surface area contributed by atoms with Crippen LogP contribution in [0.5, 0.6) is 0 Å². The van der Waals surface area contributed by atoms with E-state index in [1.165, 1.54) is 7.11 Å². The number of benzene rings is 1. The van der Waals surface area contributed by atoms with E-state index in [9.17, 15) is 9.59 Å². The monoisotopic (exact) mass is 333 g/mol. The number of rotatable bonds is 3. The van der Waals surface area contributed by atoms with Crippen LogP contribution in [0.15, 0.2) is 24.3 Å². The van der Waals surface area contributed by atoms with Gasteiger partial charge in [0.2, 0.25) is 0 Å². The third-order valence-corrected chi connectivity index (χ3v) is 2.66. The molecular formula is C11H12INO3. The Balaban J connectivity index is 2.69. The molecule has 1 N–H and O–H groups in total. The highest BCUT2D eigenvalue weighted by Crippen LogP contribution is 2.07. The maximum absolute atomic E-state index is 11.7. The first-order chi connectivity index (χ1) is 7.54. The lowest BCUT2D eigenvalue weighted by atomic mass is 10.2. The lowest BCUT2D eigenvalue weighted by molar-refractivity contribution is -0.142. The topological polar surface area (TPSA) is 55.4 Å². The third kappa shape index (κ3) is 3.48. The lowest BCUT2D eigenvalue weighted by Gasteiger charge is -2.11. The molecule has 86 valence electrons. The molecule has 0 bridgehead atoms. The summed E-state index contributed by atoms with van der Waals surface area (Å²) in [4.78, 5) is 22.8. The van der Waals surface area contributed by atoms with Crippen LogP contribution in [-0.4, -0.2) is 25.0 Å². The molecule has 0 aliphatic heterocycles. The summed E-state index contributed by atoms with van der Waals surface area (Å²) < 4.78 is 5.49. The van der Waals surface area contributed by atoms with E-state index in [1.807, 2.05) is 6.07 Å². The zero-order valence-electron chi connectivity index (χ0n) is 8.99. The van der Waals surface area contributed by atoms with Gasteiger partial charge in [-0.15, -0.1) is 0 Å². The number of carbonyl (C=O) groups excluding carboxylic acids is 2. The van der Waals surface area contributed by atoms with Crippen molar-refractivity contribution in [1.82, 2.24) is 5.32 Å². The van der Waals surface area contributed by atoms with Crippen LogP contribution in [0.1, 0.15) is 17.3 Å². The van der Waals surface area contributed by atoms with Crippen molar-refractivity contribution in [3.05, 3.63) is 33.4 Å². The SMILES string of the molecule is COC(=O)[C@@H](C)NC(=O)c1cccc(I)c1. The molecule has 0 saturated carbocycles. The standard InChI is InChI=1S/C11H12INO3/c1-7(11(15)16-2)13-10(14)8-4-3-5-9(12)6-8/h3-7H,1-2H3,(H,13,14)/t7-/m1/s1. The Morgan fingerprint density at radius 2 is 2.12 bits per heavy atom. The van der Waals surface area contributed by atoms with Crippen molar-refractivity contribution < 1.29 is 14.3 Å². The van der Waals surface area contributed by atoms with Gasteiger partial charge in [0.05, 0.1) is 7.11 Å². The number of hydrogen-bond donors (Lipinski definition) is 1. The lowest BCUT2D eigenvalue weighted by Crippen LogP contribution is -2.39. The summed E-state index contributed by atoms with van der Waals surface area (Å²) in [7, 11) is 1.29. The van der Waals surface area contributed by atoms with Gasteiger partial charge < -0.3 is 10.1 Å². The molecule has 1 aromatic carbocycles. The second-order valence-corrected chi connectivity index (χ2v) is 4.47. The van der Waals surface area contributed by atoms with Crippen molar-refractivity contribution in [2.75, 3.05) is 7.11 Å². The molecule has 0 radical (unpaired) electrons. The highest BCUT2D eigenvalue weighted by Gasteiger charge is 2.16. The fraction of sp³-hybridized carbons (Fsp3) is 0.273. The molecule has 0 spiro atoms. The minimum Gasteiger partial charge on any atom is -0.467 e. The second-order valence-electron chi connectivity index (χ2n) is 3.23. The fourth-order valence-corrected chi connectivity index (χ4v) is 1.69. The Labute approximate surface area is 108 Å². The molecule has 0 heterocycles. The van der Waals surface area contributed by atoms with Gasteiger partial charge in [-0.3, -0.25) is 4.79 Å². The van der Waals surface area contributed by atoms with Crippen molar-refractivity contribution in [2.24, 2.45) is 0 Å². The Morgan fingerprint density at radius 3 is 2.69 bits per heavy atom. The minimum atomic E-state index is -0.643. The van der Waals surface area contributed by atoms with E-state index in [0.29, 0.717) is 5.56 Å². The Morgan fingerprint density at radius 1 is 1.44 bits per heavy atom. The molecule has 4 nitrogen and oxygen atoms in total. The van der Waals surface area contributed by atoms with E-state index in [0.717, 1.165) is 3.57 Å². The van der Waals surface area contributed by atoms with E-state index in [2.05, 4.69) is 32.6 Å². The highest BCUT2D eigenvalue weighted by molar-refractivity contribution is 14.1. The summed E-state index contributed by atoms with van der Waals surface area (Å²) in [5.74, 6) is -0.740. The van der Waals surface area contributed by atoms with Gasteiger partial charge in [-0.2, -0.15) is 0 Å². The van der Waals surface area contributed by atoms with Gasteiger partial charge in [0, 0.05) is 9.13 Å². The Hall–Kier alpha value is -1.11. The van der Waals surface area contributed by atoms with Gasteiger partial charge in [0.1, 0.15) is 6.04 Å². The molecule has 16 heavy (non-hydrogen) atoms. The Kier molecular flexibility index (Phi) is 4.72. The number of carbonyl (C=O) groups is 2. The van der Waals surface area contributed by atoms with Crippen molar-refractivity contribution >= 4 is 34.5 Å². The van der Waals surface area contributed by atoms with Crippen LogP contribution in [0.2, 0.25) is 0 Å². The van der Waals surface area contributed by atoms with Gasteiger partial charge in [0.25, 0.3) is 5.91 Å². The number of methoxy groups -OCH3 is 1. The van der Waals surface area contributed by atoms with Crippen LogP contribution in [0, 0.1) is 3.57 Å². The average Bonchev–Trinajstić information content (AvgIpc) is 2.27. The van der Waals surface area contributed by atoms with Crippen molar-refractivity contribution in [3.8, 4) is 0 Å². The number of hydrogen-bond acceptors (Lipinski definition) is 3. The molecule has 5 heteroatoms. The summed E-state index contributed by atoms with van der Waals surface area (Å²) in [6, 6.07) is 6.48. The van der Waals surface area contributed by atoms with Gasteiger partial charge in [0.15, 0.2) is 0 Å². The molecule has 1 amide bonds. The predicted molar refractivity (Wildman–Crippen MR) is 68.1 cm³/mol. The first-order valence-corrected chi connectivity index (χ1v) is 5.76. The smallest absolute Gasteiger partial charge is 0.328 e. The van der Waals surface area contributed by atoms with Crippen LogP contribution >= 0.6 is 22.6 Å². The van der Waals surface area contributed by atoms with Crippen LogP contribution in [0.25, 0.3) is 0 Å². The molecule has 1 atom stereocenters. The summed E-state index contributed by atoms with van der Waals surface area (Å²) in [5.41, 5.74) is 0.530. The van der Waals surface area contributed by atoms with Crippen molar-refractivity contribution in [2.45, 2.75) is 13.0 Å². The number of halogens is 1. The number of nitrogens with one attached hydrogen (secondary N) is 1. The van der Waals surface area contributed by atoms with Crippen LogP contribution in [-0.2, 0) is 9.53 Å². The van der Waals surface area contributed by atoms with E-state index < -0.39 is 12.0 Å². The summed E-state index contributed by atoms with van der Waals surface area (Å²) in [6.45, 7) is 1.58. The van der Waals surface area contributed by atoms with Crippen LogP contribution in [0.3, 0.4) is 0 Å². The highest BCUT2D eigenvalue weighted by atomic mass is 127. The first-order valence-electron chi connectivity index (χ1n) is 4.69. The molecule has 0 fully saturated rings. The van der Waals surface area contributed by atoms with E-state index in [-0.39, 0.29) is 5.91 Å². The predicted octanol–water partition coefficient (Wildman–Crippen LogP) is 1.58. The molecule has 0 unspecified atom stereocenters. The maximum atomic E-state index is 11.7. The van der Waals surface area contributed by atoms with Crippen LogP contribution in [0.4, 0.5) is 0 Å². The van der Waals surface area contributed by atoms with Crippen molar-refractivity contribution in [3.63, 3.8) is 0 Å². The zero-order chi connectivity index (χ0) is 12.1. The first kappa shape index (κ1) is 13.0. The van der Waals surface area contributed by atoms with Gasteiger partial charge in [-0.1, -0.05) is 6.07 Å². The largest absolute Gasteiger partial charge is 0.467 e. The quantitative estimate of drug-likeness (QED) is 0.675. The molecule has 1 rings (SSSR count). The van der Waals surface area contributed by atoms with Crippen LogP contribution < -0.4 is 5.32 Å². The molecule has 0 saturated heterocycles. The molecule has 0 aromatic heterocycles. The third-order valence-electron chi connectivity index (χ3n) is 1.99. The second kappa shape index (κ2) is 5.83. The average molecular weight is 333 g/mol. The maximum Gasteiger partial charge on any atom is 0.328 e. The summed E-state index contributed by atoms with van der Waals surface area (Å²) in [6.07, 6.45) is 0. The van der Waals surface area contributed by atoms with Crippen molar-refractivity contribution in [1.29, 1.82) is 0 Å². The van der Waals surface area contributed by atoms with Gasteiger partial charge in [-0.05, 0) is 47.7 Å². The minimum absolute atomic E-state index is 0.281. The molecule has 0 aliphatic carbocycles. The molecular weight excluding hydrogens is 321 g/mol. The number of amides is 1. The van der Waals surface area contributed by atoms with E-state index in [4.69, 9.17) is 0 Å². The molecule has 1 aromatic rings. The van der Waals surface area contributed by atoms with E-state index >= 15 is 0 Å². The molecule has 0 aliphatic rings. The van der Waals surface area contributed by atoms with E-state index in [1.54, 1.807) is 25.1 Å². The summed E-state index contributed by atoms with van der Waals surface area (Å²) >= 11 is 2.12. The van der Waals surface area contributed by atoms with Gasteiger partial charge >= 0.3 is 5.97 Å². The number of esters is 1. The normalized spacial score (nSPS) is 11.7. The van der Waals surface area contributed by atoms with Gasteiger partial charge in [-0.25, -0.2) is 4.79 Å².